The highest BCUT2D eigenvalue weighted by molar-refractivity contribution is 6.98. The van der Waals surface area contributed by atoms with Crippen molar-refractivity contribution in [2.24, 2.45) is 0 Å². The Bertz CT molecular complexity index is 2080. The Morgan fingerprint density at radius 3 is 1.75 bits per heavy atom. The molecule has 0 saturated carbocycles. The number of rotatable bonds is 2. The SMILES string of the molecule is c1ccc(-c2ccc3c(c2)Oc2cccc4c2B3c2ccc(-n3c5ccccc5c5ccccc53)cc2O4)cc1. The van der Waals surface area contributed by atoms with Crippen molar-refractivity contribution in [1.82, 2.24) is 4.57 Å². The van der Waals surface area contributed by atoms with Crippen molar-refractivity contribution in [1.29, 1.82) is 0 Å². The normalized spacial score (nSPS) is 12.8. The van der Waals surface area contributed by atoms with Crippen molar-refractivity contribution in [3.8, 4) is 39.8 Å². The lowest BCUT2D eigenvalue weighted by Gasteiger charge is -2.33. The fraction of sp³-hybridized carbons (Fsp3) is 0. The molecular formula is C36H22BNO2. The van der Waals surface area contributed by atoms with Crippen LogP contribution in [0.25, 0.3) is 38.6 Å². The van der Waals surface area contributed by atoms with Crippen LogP contribution < -0.4 is 25.9 Å². The minimum absolute atomic E-state index is 0.0377. The number of aromatic nitrogens is 1. The van der Waals surface area contributed by atoms with Gasteiger partial charge in [0.25, 0.3) is 6.71 Å². The Morgan fingerprint density at radius 2 is 1.05 bits per heavy atom. The highest BCUT2D eigenvalue weighted by Crippen LogP contribution is 2.38. The molecule has 0 atom stereocenters. The van der Waals surface area contributed by atoms with Crippen LogP contribution in [0.4, 0.5) is 0 Å². The van der Waals surface area contributed by atoms with Gasteiger partial charge in [0.1, 0.15) is 23.0 Å². The first kappa shape index (κ1) is 21.7. The van der Waals surface area contributed by atoms with Crippen molar-refractivity contribution < 1.29 is 9.47 Å². The molecule has 0 saturated heterocycles. The monoisotopic (exact) mass is 511 g/mol. The first-order valence-corrected chi connectivity index (χ1v) is 13.6. The van der Waals surface area contributed by atoms with Gasteiger partial charge in [0.15, 0.2) is 0 Å². The van der Waals surface area contributed by atoms with E-state index in [0.717, 1.165) is 50.6 Å². The number of nitrogens with zero attached hydrogens (tertiary/aromatic N) is 1. The van der Waals surface area contributed by atoms with Gasteiger partial charge in [0.05, 0.1) is 11.0 Å². The van der Waals surface area contributed by atoms with E-state index >= 15 is 0 Å². The van der Waals surface area contributed by atoms with Gasteiger partial charge in [-0.15, -0.1) is 0 Å². The van der Waals surface area contributed by atoms with Crippen molar-refractivity contribution in [2.75, 3.05) is 0 Å². The standard InChI is InChI=1S/C36H22BNO2/c1-2-9-23(10-3-1)24-17-19-28-34(21-24)39-32-15-8-16-33-36(32)37(28)29-20-18-25(22-35(29)40-33)38-30-13-6-4-11-26(30)27-12-5-7-14-31(27)38/h1-22H. The molecule has 4 heteroatoms. The van der Waals surface area contributed by atoms with Crippen LogP contribution in [0.2, 0.25) is 0 Å². The first-order valence-electron chi connectivity index (χ1n) is 13.6. The zero-order valence-corrected chi connectivity index (χ0v) is 21.5. The summed E-state index contributed by atoms with van der Waals surface area (Å²) in [6.45, 7) is 0.0377. The van der Waals surface area contributed by atoms with Gasteiger partial charge in [-0.05, 0) is 58.5 Å². The molecule has 0 unspecified atom stereocenters. The number of fused-ring (bicyclic) bond motifs is 7. The minimum Gasteiger partial charge on any atom is -0.458 e. The van der Waals surface area contributed by atoms with Crippen LogP contribution in [-0.2, 0) is 0 Å². The molecule has 3 nitrogen and oxygen atoms in total. The van der Waals surface area contributed by atoms with Crippen LogP contribution in [0.5, 0.6) is 23.0 Å². The Kier molecular flexibility index (Phi) is 4.41. The molecule has 9 rings (SSSR count). The lowest BCUT2D eigenvalue weighted by atomic mass is 9.35. The van der Waals surface area contributed by atoms with Crippen LogP contribution in [0.15, 0.2) is 133 Å². The Hall–Kier alpha value is -5.22. The quantitative estimate of drug-likeness (QED) is 0.230. The first-order chi connectivity index (χ1) is 19.8. The molecule has 2 aliphatic rings. The van der Waals surface area contributed by atoms with E-state index in [2.05, 4.69) is 120 Å². The predicted molar refractivity (Wildman–Crippen MR) is 164 cm³/mol. The number of hydrogen-bond acceptors (Lipinski definition) is 2. The minimum atomic E-state index is 0.0377. The fourth-order valence-electron chi connectivity index (χ4n) is 6.56. The summed E-state index contributed by atoms with van der Waals surface area (Å²) in [5.41, 5.74) is 9.20. The van der Waals surface area contributed by atoms with E-state index in [9.17, 15) is 0 Å². The molecule has 2 aliphatic heterocycles. The molecule has 6 aromatic carbocycles. The number of para-hydroxylation sites is 2. The van der Waals surface area contributed by atoms with Gasteiger partial charge in [0, 0.05) is 28.0 Å². The Morgan fingerprint density at radius 1 is 0.450 bits per heavy atom. The molecule has 40 heavy (non-hydrogen) atoms. The van der Waals surface area contributed by atoms with Gasteiger partial charge in [-0.25, -0.2) is 0 Å². The summed E-state index contributed by atoms with van der Waals surface area (Å²) >= 11 is 0. The molecule has 7 aromatic rings. The molecule has 0 N–H and O–H groups in total. The topological polar surface area (TPSA) is 23.4 Å². The molecule has 0 amide bonds. The largest absolute Gasteiger partial charge is 0.458 e. The third-order valence-corrected chi connectivity index (χ3v) is 8.33. The summed E-state index contributed by atoms with van der Waals surface area (Å²) in [6, 6.07) is 47.0. The fourth-order valence-corrected chi connectivity index (χ4v) is 6.56. The zero-order valence-electron chi connectivity index (χ0n) is 21.5. The van der Waals surface area contributed by atoms with Gasteiger partial charge >= 0.3 is 0 Å². The molecule has 0 spiro atoms. The summed E-state index contributed by atoms with van der Waals surface area (Å²) in [4.78, 5) is 0. The van der Waals surface area contributed by atoms with Crippen LogP contribution in [0.1, 0.15) is 0 Å². The van der Waals surface area contributed by atoms with Crippen LogP contribution in [-0.4, -0.2) is 11.3 Å². The van der Waals surface area contributed by atoms with Crippen molar-refractivity contribution in [2.45, 2.75) is 0 Å². The third-order valence-electron chi connectivity index (χ3n) is 8.33. The maximum Gasteiger partial charge on any atom is 0.260 e. The van der Waals surface area contributed by atoms with Gasteiger partial charge in [0.2, 0.25) is 0 Å². The van der Waals surface area contributed by atoms with Crippen molar-refractivity contribution in [3.05, 3.63) is 133 Å². The molecule has 0 aliphatic carbocycles. The van der Waals surface area contributed by atoms with E-state index in [-0.39, 0.29) is 6.71 Å². The van der Waals surface area contributed by atoms with E-state index in [1.165, 1.54) is 27.4 Å². The average molecular weight is 511 g/mol. The second kappa shape index (κ2) is 8.14. The number of ether oxygens (including phenoxy) is 2. The number of hydrogen-bond donors (Lipinski definition) is 0. The highest BCUT2D eigenvalue weighted by Gasteiger charge is 2.40. The molecule has 0 radical (unpaired) electrons. The van der Waals surface area contributed by atoms with E-state index < -0.39 is 0 Å². The van der Waals surface area contributed by atoms with Gasteiger partial charge in [-0.1, -0.05) is 91.0 Å². The second-order valence-corrected chi connectivity index (χ2v) is 10.5. The van der Waals surface area contributed by atoms with Gasteiger partial charge < -0.3 is 14.0 Å². The summed E-state index contributed by atoms with van der Waals surface area (Å²) in [6.07, 6.45) is 0. The van der Waals surface area contributed by atoms with E-state index in [1.807, 2.05) is 18.2 Å². The maximum absolute atomic E-state index is 6.60. The summed E-state index contributed by atoms with van der Waals surface area (Å²) in [5.74, 6) is 3.49. The highest BCUT2D eigenvalue weighted by atomic mass is 16.5. The smallest absolute Gasteiger partial charge is 0.260 e. The van der Waals surface area contributed by atoms with Crippen LogP contribution in [0, 0.1) is 0 Å². The third kappa shape index (κ3) is 3.02. The van der Waals surface area contributed by atoms with E-state index in [1.54, 1.807) is 0 Å². The zero-order chi connectivity index (χ0) is 26.2. The van der Waals surface area contributed by atoms with Crippen LogP contribution >= 0.6 is 0 Å². The molecule has 0 bridgehead atoms. The predicted octanol–water partition coefficient (Wildman–Crippen LogP) is 7.18. The van der Waals surface area contributed by atoms with Gasteiger partial charge in [-0.2, -0.15) is 0 Å². The average Bonchev–Trinajstić information content (AvgIpc) is 3.35. The second-order valence-electron chi connectivity index (χ2n) is 10.5. The van der Waals surface area contributed by atoms with Crippen molar-refractivity contribution >= 4 is 44.9 Å². The summed E-state index contributed by atoms with van der Waals surface area (Å²) in [7, 11) is 0. The molecule has 0 fully saturated rings. The number of benzene rings is 6. The van der Waals surface area contributed by atoms with Crippen LogP contribution in [0.3, 0.4) is 0 Å². The molecule has 1 aromatic heterocycles. The maximum atomic E-state index is 6.60. The molecule has 3 heterocycles. The van der Waals surface area contributed by atoms with E-state index in [4.69, 9.17) is 9.47 Å². The molecule has 186 valence electrons. The Labute approximate surface area is 231 Å². The van der Waals surface area contributed by atoms with E-state index in [0.29, 0.717) is 0 Å². The molecular weight excluding hydrogens is 489 g/mol. The summed E-state index contributed by atoms with van der Waals surface area (Å²) in [5, 5.41) is 2.50. The Balaban J connectivity index is 1.24. The lowest BCUT2D eigenvalue weighted by Crippen LogP contribution is -2.57. The summed E-state index contributed by atoms with van der Waals surface area (Å²) < 4.78 is 15.4. The van der Waals surface area contributed by atoms with Crippen molar-refractivity contribution in [3.63, 3.8) is 0 Å². The lowest BCUT2D eigenvalue weighted by molar-refractivity contribution is 0.464. The van der Waals surface area contributed by atoms with Gasteiger partial charge in [-0.3, -0.25) is 0 Å².